The molecule has 138 valence electrons. The Morgan fingerprint density at radius 1 is 1.04 bits per heavy atom. The standard InChI is InChI=1S/C17H15F3N2O4/c1-11-2-6-13(7-3-11)24-10-15(23)26-22-16(21)12-4-8-14(9-5-12)25-17(18,19)20/h2-9H,10H2,1H3,(H2,21,22). The first-order valence-electron chi connectivity index (χ1n) is 7.32. The fraction of sp³-hybridized carbons (Fsp3) is 0.176. The molecule has 0 aliphatic carbocycles. The minimum Gasteiger partial charge on any atom is -0.482 e. The maximum absolute atomic E-state index is 12.1. The Hall–Kier alpha value is -3.23. The summed E-state index contributed by atoms with van der Waals surface area (Å²) >= 11 is 0. The van der Waals surface area contributed by atoms with Gasteiger partial charge in [-0.1, -0.05) is 22.9 Å². The number of oxime groups is 1. The molecule has 26 heavy (non-hydrogen) atoms. The number of ether oxygens (including phenoxy) is 2. The molecule has 2 aromatic carbocycles. The number of nitrogens with zero attached hydrogens (tertiary/aromatic N) is 1. The number of rotatable bonds is 6. The van der Waals surface area contributed by atoms with Gasteiger partial charge in [-0.2, -0.15) is 0 Å². The van der Waals surface area contributed by atoms with Crippen molar-refractivity contribution in [3.05, 3.63) is 59.7 Å². The Labute approximate surface area is 147 Å². The number of alkyl halides is 3. The van der Waals surface area contributed by atoms with E-state index in [9.17, 15) is 18.0 Å². The quantitative estimate of drug-likeness (QED) is 0.367. The lowest BCUT2D eigenvalue weighted by atomic mass is 10.2. The minimum absolute atomic E-state index is 0.188. The van der Waals surface area contributed by atoms with Crippen LogP contribution in [0.1, 0.15) is 11.1 Å². The molecule has 2 aromatic rings. The highest BCUT2D eigenvalue weighted by Gasteiger charge is 2.30. The predicted octanol–water partition coefficient (Wildman–Crippen LogP) is 3.14. The SMILES string of the molecule is Cc1ccc(OCC(=O)ON=C(N)c2ccc(OC(F)(F)F)cc2)cc1. The first kappa shape index (κ1) is 19.1. The van der Waals surface area contributed by atoms with Crippen LogP contribution < -0.4 is 15.2 Å². The van der Waals surface area contributed by atoms with Gasteiger partial charge in [-0.15, -0.1) is 13.2 Å². The Kier molecular flexibility index (Phi) is 6.05. The minimum atomic E-state index is -4.78. The first-order chi connectivity index (χ1) is 12.2. The highest BCUT2D eigenvalue weighted by molar-refractivity contribution is 5.97. The van der Waals surface area contributed by atoms with E-state index in [0.717, 1.165) is 17.7 Å². The van der Waals surface area contributed by atoms with Crippen LogP contribution in [-0.4, -0.2) is 24.8 Å². The molecule has 0 saturated carbocycles. The third kappa shape index (κ3) is 6.34. The summed E-state index contributed by atoms with van der Waals surface area (Å²) in [4.78, 5) is 16.2. The molecule has 0 spiro atoms. The van der Waals surface area contributed by atoms with Crippen molar-refractivity contribution in [3.8, 4) is 11.5 Å². The third-order valence-corrected chi connectivity index (χ3v) is 3.01. The van der Waals surface area contributed by atoms with E-state index in [-0.39, 0.29) is 18.0 Å². The molecular weight excluding hydrogens is 353 g/mol. The van der Waals surface area contributed by atoms with Crippen LogP contribution in [0, 0.1) is 6.92 Å². The molecule has 9 heteroatoms. The maximum Gasteiger partial charge on any atom is 0.573 e. The molecule has 2 rings (SSSR count). The van der Waals surface area contributed by atoms with E-state index in [1.165, 1.54) is 12.1 Å². The molecule has 0 aliphatic rings. The molecule has 6 nitrogen and oxygen atoms in total. The smallest absolute Gasteiger partial charge is 0.482 e. The predicted molar refractivity (Wildman–Crippen MR) is 86.6 cm³/mol. The van der Waals surface area contributed by atoms with E-state index in [1.54, 1.807) is 12.1 Å². The molecule has 0 unspecified atom stereocenters. The van der Waals surface area contributed by atoms with Crippen LogP contribution in [0.5, 0.6) is 11.5 Å². The molecule has 0 heterocycles. The number of benzene rings is 2. The second kappa shape index (κ2) is 8.24. The van der Waals surface area contributed by atoms with Gasteiger partial charge in [0.2, 0.25) is 0 Å². The molecular formula is C17H15F3N2O4. The number of amidine groups is 1. The number of carbonyl (C=O) groups is 1. The van der Waals surface area contributed by atoms with Crippen LogP contribution >= 0.6 is 0 Å². The van der Waals surface area contributed by atoms with E-state index in [0.29, 0.717) is 5.75 Å². The summed E-state index contributed by atoms with van der Waals surface area (Å²) < 4.78 is 45.2. The fourth-order valence-electron chi connectivity index (χ4n) is 1.78. The van der Waals surface area contributed by atoms with Gasteiger partial charge in [0.1, 0.15) is 11.5 Å². The molecule has 0 radical (unpaired) electrons. The van der Waals surface area contributed by atoms with Crippen LogP contribution in [0.15, 0.2) is 53.7 Å². The second-order valence-corrected chi connectivity index (χ2v) is 5.11. The Bertz CT molecular complexity index is 772. The summed E-state index contributed by atoms with van der Waals surface area (Å²) in [6, 6.07) is 11.7. The molecule has 0 aromatic heterocycles. The number of nitrogens with two attached hydrogens (primary N) is 1. The Balaban J connectivity index is 1.86. The first-order valence-corrected chi connectivity index (χ1v) is 7.32. The Morgan fingerprint density at radius 3 is 2.19 bits per heavy atom. The zero-order valence-corrected chi connectivity index (χ0v) is 13.6. The van der Waals surface area contributed by atoms with Gasteiger partial charge < -0.3 is 20.0 Å². The summed E-state index contributed by atoms with van der Waals surface area (Å²) in [5.74, 6) is -0.889. The molecule has 2 N–H and O–H groups in total. The van der Waals surface area contributed by atoms with Crippen LogP contribution in [0.3, 0.4) is 0 Å². The van der Waals surface area contributed by atoms with E-state index in [1.807, 2.05) is 19.1 Å². The molecule has 0 aliphatic heterocycles. The monoisotopic (exact) mass is 368 g/mol. The molecule has 0 atom stereocenters. The van der Waals surface area contributed by atoms with Gasteiger partial charge in [0, 0.05) is 5.56 Å². The summed E-state index contributed by atoms with van der Waals surface area (Å²) in [5.41, 5.74) is 6.92. The lowest BCUT2D eigenvalue weighted by Gasteiger charge is -2.09. The van der Waals surface area contributed by atoms with Gasteiger partial charge in [-0.25, -0.2) is 4.79 Å². The lowest BCUT2D eigenvalue weighted by Crippen LogP contribution is -2.19. The Morgan fingerprint density at radius 2 is 1.62 bits per heavy atom. The highest BCUT2D eigenvalue weighted by atomic mass is 19.4. The van der Waals surface area contributed by atoms with Crippen molar-refractivity contribution in [2.24, 2.45) is 10.9 Å². The van der Waals surface area contributed by atoms with E-state index < -0.39 is 18.1 Å². The van der Waals surface area contributed by atoms with E-state index in [2.05, 4.69) is 14.7 Å². The van der Waals surface area contributed by atoms with Gasteiger partial charge >= 0.3 is 12.3 Å². The number of hydrogen-bond acceptors (Lipinski definition) is 5. The average Bonchev–Trinajstić information content (AvgIpc) is 2.58. The van der Waals surface area contributed by atoms with Crippen LogP contribution in [0.4, 0.5) is 13.2 Å². The van der Waals surface area contributed by atoms with E-state index in [4.69, 9.17) is 10.5 Å². The molecule has 0 amide bonds. The van der Waals surface area contributed by atoms with Gasteiger partial charge in [-0.3, -0.25) is 0 Å². The van der Waals surface area contributed by atoms with Gasteiger partial charge in [0.15, 0.2) is 12.4 Å². The summed E-state index contributed by atoms with van der Waals surface area (Å²) in [6.07, 6.45) is -4.78. The van der Waals surface area contributed by atoms with Gasteiger partial charge in [0.05, 0.1) is 0 Å². The van der Waals surface area contributed by atoms with Crippen molar-refractivity contribution < 1.29 is 32.3 Å². The largest absolute Gasteiger partial charge is 0.573 e. The van der Waals surface area contributed by atoms with Crippen LogP contribution in [0.25, 0.3) is 0 Å². The zero-order chi connectivity index (χ0) is 19.2. The van der Waals surface area contributed by atoms with Gasteiger partial charge in [0.25, 0.3) is 0 Å². The second-order valence-electron chi connectivity index (χ2n) is 5.11. The maximum atomic E-state index is 12.1. The van der Waals surface area contributed by atoms with Crippen molar-refractivity contribution in [2.75, 3.05) is 6.61 Å². The van der Waals surface area contributed by atoms with Crippen molar-refractivity contribution >= 4 is 11.8 Å². The number of halogens is 3. The van der Waals surface area contributed by atoms with Crippen molar-refractivity contribution in [1.82, 2.24) is 0 Å². The van der Waals surface area contributed by atoms with Crippen molar-refractivity contribution in [2.45, 2.75) is 13.3 Å². The molecule has 0 bridgehead atoms. The summed E-state index contributed by atoms with van der Waals surface area (Å²) in [7, 11) is 0. The fourth-order valence-corrected chi connectivity index (χ4v) is 1.78. The number of aryl methyl sites for hydroxylation is 1. The average molecular weight is 368 g/mol. The van der Waals surface area contributed by atoms with Crippen LogP contribution in [-0.2, 0) is 9.63 Å². The zero-order valence-electron chi connectivity index (χ0n) is 13.6. The number of hydrogen-bond donors (Lipinski definition) is 1. The lowest BCUT2D eigenvalue weighted by molar-refractivity contribution is -0.274. The third-order valence-electron chi connectivity index (χ3n) is 3.01. The molecule has 0 saturated heterocycles. The highest BCUT2D eigenvalue weighted by Crippen LogP contribution is 2.22. The van der Waals surface area contributed by atoms with Gasteiger partial charge in [-0.05, 0) is 43.3 Å². The topological polar surface area (TPSA) is 83.1 Å². The van der Waals surface area contributed by atoms with Crippen molar-refractivity contribution in [3.63, 3.8) is 0 Å². The normalized spacial score (nSPS) is 11.8. The summed E-state index contributed by atoms with van der Waals surface area (Å²) in [5, 5.41) is 3.43. The molecule has 0 fully saturated rings. The number of carbonyl (C=O) groups excluding carboxylic acids is 1. The van der Waals surface area contributed by atoms with Crippen LogP contribution in [0.2, 0.25) is 0 Å². The summed E-state index contributed by atoms with van der Waals surface area (Å²) in [6.45, 7) is 1.54. The van der Waals surface area contributed by atoms with E-state index >= 15 is 0 Å². The van der Waals surface area contributed by atoms with Crippen molar-refractivity contribution in [1.29, 1.82) is 0 Å².